The highest BCUT2D eigenvalue weighted by molar-refractivity contribution is 9.10. The van der Waals surface area contributed by atoms with Crippen molar-refractivity contribution in [2.24, 2.45) is 17.3 Å². The first-order valence-corrected chi connectivity index (χ1v) is 9.26. The van der Waals surface area contributed by atoms with Crippen LogP contribution in [0, 0.1) is 28.6 Å². The van der Waals surface area contributed by atoms with Crippen LogP contribution in [0.25, 0.3) is 0 Å². The van der Waals surface area contributed by atoms with Crippen LogP contribution in [0.2, 0.25) is 0 Å². The van der Waals surface area contributed by atoms with E-state index in [0.29, 0.717) is 12.0 Å². The van der Waals surface area contributed by atoms with E-state index >= 15 is 0 Å². The number of nitrogens with zero attached hydrogens (tertiary/aromatic N) is 1. The molecule has 4 aliphatic rings. The Morgan fingerprint density at radius 3 is 2.70 bits per heavy atom. The number of nitriles is 1. The average Bonchev–Trinajstić information content (AvgIpc) is 2.43. The van der Waals surface area contributed by atoms with Crippen LogP contribution >= 0.6 is 15.9 Å². The van der Waals surface area contributed by atoms with E-state index < -0.39 is 0 Å². The summed E-state index contributed by atoms with van der Waals surface area (Å²) in [5, 5.41) is 12.0. The normalized spacial score (nSPS) is 37.4. The fraction of sp³-hybridized carbons (Fsp3) is 0.579. The summed E-state index contributed by atoms with van der Waals surface area (Å²) >= 11 is 4.00. The van der Waals surface area contributed by atoms with Gasteiger partial charge in [0.05, 0.1) is 11.6 Å². The number of hydrogen-bond donors (Lipinski definition) is 1. The van der Waals surface area contributed by atoms with E-state index in [2.05, 4.69) is 27.3 Å². The molecule has 3 nitrogen and oxygen atoms in total. The predicted molar refractivity (Wildman–Crippen MR) is 93.2 cm³/mol. The van der Waals surface area contributed by atoms with Crippen molar-refractivity contribution in [2.75, 3.05) is 5.32 Å². The molecule has 1 N–H and O–H groups in total. The van der Waals surface area contributed by atoms with E-state index in [4.69, 9.17) is 5.26 Å². The minimum atomic E-state index is 0.0955. The SMILES string of the molecule is N#Cc1cccc(NC(=O)CC23CC4CC(CC(Br)(C4)C2)C3)c1. The van der Waals surface area contributed by atoms with Crippen molar-refractivity contribution in [1.82, 2.24) is 0 Å². The van der Waals surface area contributed by atoms with Crippen LogP contribution in [0.4, 0.5) is 5.69 Å². The molecular weight excluding hydrogens is 352 g/mol. The zero-order valence-electron chi connectivity index (χ0n) is 13.1. The van der Waals surface area contributed by atoms with Gasteiger partial charge in [0, 0.05) is 16.4 Å². The van der Waals surface area contributed by atoms with Crippen LogP contribution in [0.1, 0.15) is 50.5 Å². The molecule has 0 aromatic heterocycles. The number of carbonyl (C=O) groups is 1. The summed E-state index contributed by atoms with van der Waals surface area (Å²) in [5.74, 6) is 1.69. The van der Waals surface area contributed by atoms with Crippen molar-refractivity contribution in [3.05, 3.63) is 29.8 Å². The molecular formula is C19H21BrN2O. The van der Waals surface area contributed by atoms with Gasteiger partial charge < -0.3 is 5.32 Å². The number of amides is 1. The highest BCUT2D eigenvalue weighted by atomic mass is 79.9. The second-order valence-electron chi connectivity index (χ2n) is 8.03. The lowest BCUT2D eigenvalue weighted by atomic mass is 9.48. The van der Waals surface area contributed by atoms with E-state index in [1.807, 2.05) is 12.1 Å². The first kappa shape index (κ1) is 15.2. The van der Waals surface area contributed by atoms with E-state index in [9.17, 15) is 4.79 Å². The zero-order valence-corrected chi connectivity index (χ0v) is 14.7. The van der Waals surface area contributed by atoms with E-state index in [1.54, 1.807) is 12.1 Å². The number of rotatable bonds is 3. The predicted octanol–water partition coefficient (Wildman–Crippen LogP) is 4.62. The van der Waals surface area contributed by atoms with Gasteiger partial charge in [-0.25, -0.2) is 0 Å². The summed E-state index contributed by atoms with van der Waals surface area (Å²) in [6.07, 6.45) is 8.11. The summed E-state index contributed by atoms with van der Waals surface area (Å²) in [4.78, 5) is 12.6. The number of halogens is 1. The molecule has 4 bridgehead atoms. The Bertz CT molecular complexity index is 679. The molecule has 4 heteroatoms. The van der Waals surface area contributed by atoms with Gasteiger partial charge in [0.1, 0.15) is 0 Å². The lowest BCUT2D eigenvalue weighted by Gasteiger charge is -2.60. The van der Waals surface area contributed by atoms with Crippen molar-refractivity contribution in [3.8, 4) is 6.07 Å². The second-order valence-corrected chi connectivity index (χ2v) is 9.71. The molecule has 5 rings (SSSR count). The van der Waals surface area contributed by atoms with Crippen molar-refractivity contribution in [3.63, 3.8) is 0 Å². The van der Waals surface area contributed by atoms with Crippen LogP contribution < -0.4 is 5.32 Å². The van der Waals surface area contributed by atoms with Gasteiger partial charge in [-0.2, -0.15) is 5.26 Å². The van der Waals surface area contributed by atoms with Gasteiger partial charge in [-0.3, -0.25) is 4.79 Å². The molecule has 0 radical (unpaired) electrons. The number of alkyl halides is 1. The molecule has 23 heavy (non-hydrogen) atoms. The summed E-state index contributed by atoms with van der Waals surface area (Å²) in [5.41, 5.74) is 1.49. The summed E-state index contributed by atoms with van der Waals surface area (Å²) in [7, 11) is 0. The zero-order chi connectivity index (χ0) is 16.1. The van der Waals surface area contributed by atoms with Crippen molar-refractivity contribution >= 4 is 27.5 Å². The Balaban J connectivity index is 1.47. The van der Waals surface area contributed by atoms with E-state index in [-0.39, 0.29) is 15.6 Å². The number of benzene rings is 1. The number of carbonyl (C=O) groups excluding carboxylic acids is 1. The molecule has 0 saturated heterocycles. The Kier molecular flexibility index (Phi) is 3.53. The molecule has 1 aromatic rings. The number of nitrogens with one attached hydrogen (secondary N) is 1. The Morgan fingerprint density at radius 2 is 2.04 bits per heavy atom. The molecule has 0 heterocycles. The first-order valence-electron chi connectivity index (χ1n) is 8.47. The maximum absolute atomic E-state index is 12.6. The van der Waals surface area contributed by atoms with Crippen LogP contribution in [0.3, 0.4) is 0 Å². The van der Waals surface area contributed by atoms with Crippen LogP contribution in [0.15, 0.2) is 24.3 Å². The molecule has 4 aliphatic carbocycles. The van der Waals surface area contributed by atoms with Gasteiger partial charge in [0.15, 0.2) is 0 Å². The molecule has 4 fully saturated rings. The highest BCUT2D eigenvalue weighted by Gasteiger charge is 2.57. The summed E-state index contributed by atoms with van der Waals surface area (Å²) in [6.45, 7) is 0. The quantitative estimate of drug-likeness (QED) is 0.786. The third kappa shape index (κ3) is 2.92. The van der Waals surface area contributed by atoms with Crippen LogP contribution in [0.5, 0.6) is 0 Å². The second kappa shape index (κ2) is 5.34. The molecule has 0 aliphatic heterocycles. The van der Waals surface area contributed by atoms with Gasteiger partial charge >= 0.3 is 0 Å². The smallest absolute Gasteiger partial charge is 0.224 e. The maximum atomic E-state index is 12.6. The van der Waals surface area contributed by atoms with Crippen molar-refractivity contribution < 1.29 is 4.79 Å². The molecule has 4 saturated carbocycles. The minimum Gasteiger partial charge on any atom is -0.326 e. The summed E-state index contributed by atoms with van der Waals surface area (Å²) in [6, 6.07) is 9.27. The lowest BCUT2D eigenvalue weighted by molar-refractivity contribution is -0.123. The molecule has 0 spiro atoms. The molecule has 120 valence electrons. The minimum absolute atomic E-state index is 0.0955. The third-order valence-corrected chi connectivity index (χ3v) is 6.85. The third-order valence-electron chi connectivity index (χ3n) is 5.92. The highest BCUT2D eigenvalue weighted by Crippen LogP contribution is 2.65. The van der Waals surface area contributed by atoms with Gasteiger partial charge in [-0.1, -0.05) is 22.0 Å². The summed E-state index contributed by atoms with van der Waals surface area (Å²) < 4.78 is 0.290. The van der Waals surface area contributed by atoms with E-state index in [1.165, 1.54) is 32.1 Å². The van der Waals surface area contributed by atoms with Crippen LogP contribution in [-0.2, 0) is 4.79 Å². The number of anilines is 1. The lowest BCUT2D eigenvalue weighted by Crippen LogP contribution is -2.53. The van der Waals surface area contributed by atoms with Gasteiger partial charge in [-0.15, -0.1) is 0 Å². The Labute approximate surface area is 145 Å². The van der Waals surface area contributed by atoms with E-state index in [0.717, 1.165) is 23.9 Å². The fourth-order valence-electron chi connectivity index (χ4n) is 5.76. The first-order chi connectivity index (χ1) is 11.0. The molecule has 1 amide bonds. The van der Waals surface area contributed by atoms with Crippen LogP contribution in [-0.4, -0.2) is 10.2 Å². The molecule has 2 atom stereocenters. The standard InChI is InChI=1S/C19H21BrN2O/c20-19-8-14-4-15(9-19)7-18(6-14,12-19)10-17(23)22-16-3-1-2-13(5-16)11-21/h1-3,5,14-15H,4,6-10,12H2,(H,22,23). The number of hydrogen-bond acceptors (Lipinski definition) is 2. The van der Waals surface area contributed by atoms with Crippen molar-refractivity contribution in [2.45, 2.75) is 49.3 Å². The fourth-order valence-corrected chi connectivity index (χ4v) is 7.27. The topological polar surface area (TPSA) is 52.9 Å². The molecule has 2 unspecified atom stereocenters. The Hall–Kier alpha value is -1.34. The van der Waals surface area contributed by atoms with Gasteiger partial charge in [0.2, 0.25) is 5.91 Å². The average molecular weight is 373 g/mol. The Morgan fingerprint density at radius 1 is 1.30 bits per heavy atom. The monoisotopic (exact) mass is 372 g/mol. The maximum Gasteiger partial charge on any atom is 0.224 e. The van der Waals surface area contributed by atoms with Gasteiger partial charge in [-0.05, 0) is 74.0 Å². The largest absolute Gasteiger partial charge is 0.326 e. The van der Waals surface area contributed by atoms with Gasteiger partial charge in [0.25, 0.3) is 0 Å². The van der Waals surface area contributed by atoms with Crippen molar-refractivity contribution in [1.29, 1.82) is 5.26 Å². The molecule has 1 aromatic carbocycles.